The molecule has 0 radical (unpaired) electrons. The molecule has 0 aliphatic carbocycles. The maximum absolute atomic E-state index is 11.7. The van der Waals surface area contributed by atoms with Crippen molar-refractivity contribution in [2.45, 2.75) is 26.2 Å². The minimum absolute atomic E-state index is 0.498. The molecular weight excluding hydrogens is 258 g/mol. The van der Waals surface area contributed by atoms with E-state index in [-0.39, 0.29) is 0 Å². The van der Waals surface area contributed by atoms with Crippen LogP contribution in [0, 0.1) is 6.92 Å². The number of nitrogens with zero attached hydrogens (tertiary/aromatic N) is 1. The van der Waals surface area contributed by atoms with Crippen molar-refractivity contribution in [2.24, 2.45) is 0 Å². The molecule has 1 unspecified atom stereocenters. The third-order valence-corrected chi connectivity index (χ3v) is 3.99. The third kappa shape index (κ3) is 3.52. The highest BCUT2D eigenvalue weighted by Crippen LogP contribution is 2.25. The zero-order valence-electron chi connectivity index (χ0n) is 13.0. The number of rotatable bonds is 6. The summed E-state index contributed by atoms with van der Waals surface area (Å²) in [6.45, 7) is 7.77. The molecule has 21 heavy (non-hydrogen) atoms. The monoisotopic (exact) mass is 281 g/mol. The van der Waals surface area contributed by atoms with Crippen LogP contribution in [-0.4, -0.2) is 19.4 Å². The van der Waals surface area contributed by atoms with Gasteiger partial charge in [0.15, 0.2) is 0 Å². The highest BCUT2D eigenvalue weighted by molar-refractivity contribution is 5.69. The van der Waals surface area contributed by atoms with Crippen LogP contribution in [0.15, 0.2) is 54.6 Å². The molecule has 2 heteroatoms. The van der Waals surface area contributed by atoms with Gasteiger partial charge in [-0.2, -0.15) is 0 Å². The van der Waals surface area contributed by atoms with Gasteiger partial charge < -0.3 is 9.69 Å². The van der Waals surface area contributed by atoms with Gasteiger partial charge in [0.2, 0.25) is 0 Å². The van der Waals surface area contributed by atoms with Crippen LogP contribution in [0.2, 0.25) is 0 Å². The minimum atomic E-state index is -0.498. The van der Waals surface area contributed by atoms with Crippen LogP contribution in [0.25, 0.3) is 0 Å². The van der Waals surface area contributed by atoms with E-state index in [0.717, 1.165) is 24.1 Å². The molecule has 0 aliphatic heterocycles. The van der Waals surface area contributed by atoms with E-state index in [4.69, 9.17) is 0 Å². The van der Waals surface area contributed by atoms with Gasteiger partial charge in [0, 0.05) is 18.8 Å². The van der Waals surface area contributed by atoms with Crippen LogP contribution in [0.1, 0.15) is 25.0 Å². The fourth-order valence-corrected chi connectivity index (χ4v) is 2.55. The van der Waals surface area contributed by atoms with Gasteiger partial charge >= 0.3 is 0 Å². The molecule has 0 fully saturated rings. The Kier molecular flexibility index (Phi) is 4.79. The van der Waals surface area contributed by atoms with Gasteiger partial charge in [-0.1, -0.05) is 48.0 Å². The van der Waals surface area contributed by atoms with Gasteiger partial charge in [-0.25, -0.2) is 0 Å². The molecule has 1 atom stereocenters. The van der Waals surface area contributed by atoms with Crippen molar-refractivity contribution < 1.29 is 4.79 Å². The Morgan fingerprint density at radius 2 is 1.67 bits per heavy atom. The molecule has 0 spiro atoms. The van der Waals surface area contributed by atoms with E-state index in [1.807, 2.05) is 37.3 Å². The van der Waals surface area contributed by atoms with Crippen LogP contribution in [0.4, 0.5) is 5.69 Å². The van der Waals surface area contributed by atoms with Crippen LogP contribution < -0.4 is 4.90 Å². The zero-order valence-corrected chi connectivity index (χ0v) is 13.0. The molecule has 0 aromatic heterocycles. The van der Waals surface area contributed by atoms with Crippen molar-refractivity contribution in [2.75, 3.05) is 18.0 Å². The summed E-state index contributed by atoms with van der Waals surface area (Å²) in [6.07, 6.45) is 1.07. The highest BCUT2D eigenvalue weighted by Gasteiger charge is 2.28. The summed E-state index contributed by atoms with van der Waals surface area (Å²) in [5, 5.41) is 0. The molecule has 110 valence electrons. The van der Waals surface area contributed by atoms with E-state index >= 15 is 0 Å². The zero-order chi connectivity index (χ0) is 15.3. The number of anilines is 1. The van der Waals surface area contributed by atoms with Crippen molar-refractivity contribution in [1.29, 1.82) is 0 Å². The van der Waals surface area contributed by atoms with Gasteiger partial charge in [-0.05, 0) is 38.5 Å². The second-order valence-corrected chi connectivity index (χ2v) is 5.75. The maximum Gasteiger partial charge on any atom is 0.132 e. The van der Waals surface area contributed by atoms with Gasteiger partial charge in [-0.3, -0.25) is 0 Å². The summed E-state index contributed by atoms with van der Waals surface area (Å²) in [7, 11) is 0. The van der Waals surface area contributed by atoms with E-state index in [2.05, 4.69) is 43.0 Å². The third-order valence-electron chi connectivity index (χ3n) is 3.99. The number of benzene rings is 2. The number of hydrogen-bond donors (Lipinski definition) is 0. The first-order valence-electron chi connectivity index (χ1n) is 7.42. The molecule has 2 rings (SSSR count). The Hall–Kier alpha value is -2.09. The maximum atomic E-state index is 11.7. The standard InChI is InChI=1S/C19H23NO/c1-4-20(18-12-10-16(2)11-13-18)14-19(3,15-21)17-8-6-5-7-9-17/h5-13,15H,4,14H2,1-3H3. The second kappa shape index (κ2) is 6.57. The van der Waals surface area contributed by atoms with E-state index < -0.39 is 5.41 Å². The van der Waals surface area contributed by atoms with Crippen LogP contribution in [-0.2, 0) is 10.2 Å². The molecule has 2 nitrogen and oxygen atoms in total. The SMILES string of the molecule is CCN(CC(C)(C=O)c1ccccc1)c1ccc(C)cc1. The number of aldehydes is 1. The van der Waals surface area contributed by atoms with E-state index in [9.17, 15) is 4.79 Å². The summed E-state index contributed by atoms with van der Waals surface area (Å²) in [5.41, 5.74) is 2.97. The number of aryl methyl sites for hydroxylation is 1. The largest absolute Gasteiger partial charge is 0.370 e. The molecule has 0 aliphatic rings. The quantitative estimate of drug-likeness (QED) is 0.747. The lowest BCUT2D eigenvalue weighted by Gasteiger charge is -2.33. The van der Waals surface area contributed by atoms with E-state index in [1.165, 1.54) is 5.56 Å². The molecule has 0 amide bonds. The predicted molar refractivity (Wildman–Crippen MR) is 88.9 cm³/mol. The van der Waals surface area contributed by atoms with Gasteiger partial charge in [-0.15, -0.1) is 0 Å². The fourth-order valence-electron chi connectivity index (χ4n) is 2.55. The van der Waals surface area contributed by atoms with E-state index in [0.29, 0.717) is 6.54 Å². The Balaban J connectivity index is 2.27. The van der Waals surface area contributed by atoms with Crippen molar-refractivity contribution in [3.8, 4) is 0 Å². The highest BCUT2D eigenvalue weighted by atomic mass is 16.1. The second-order valence-electron chi connectivity index (χ2n) is 5.75. The number of carbonyl (C=O) groups excluding carboxylic acids is 1. The summed E-state index contributed by atoms with van der Waals surface area (Å²) in [6, 6.07) is 18.5. The van der Waals surface area contributed by atoms with Crippen LogP contribution in [0.3, 0.4) is 0 Å². The van der Waals surface area contributed by atoms with Crippen molar-refractivity contribution in [3.05, 3.63) is 65.7 Å². The van der Waals surface area contributed by atoms with Crippen LogP contribution >= 0.6 is 0 Å². The molecular formula is C19H23NO. The average Bonchev–Trinajstić information content (AvgIpc) is 2.54. The normalized spacial score (nSPS) is 13.5. The first-order valence-corrected chi connectivity index (χ1v) is 7.42. The lowest BCUT2D eigenvalue weighted by atomic mass is 9.83. The van der Waals surface area contributed by atoms with Crippen molar-refractivity contribution in [1.82, 2.24) is 0 Å². The van der Waals surface area contributed by atoms with Gasteiger partial charge in [0.25, 0.3) is 0 Å². The molecule has 0 bridgehead atoms. The first kappa shape index (κ1) is 15.3. The van der Waals surface area contributed by atoms with E-state index in [1.54, 1.807) is 0 Å². The predicted octanol–water partition coefficient (Wildman–Crippen LogP) is 3.98. The number of hydrogen-bond acceptors (Lipinski definition) is 2. The Morgan fingerprint density at radius 1 is 1.05 bits per heavy atom. The topological polar surface area (TPSA) is 20.3 Å². The molecule has 0 saturated heterocycles. The summed E-state index contributed by atoms with van der Waals surface area (Å²) in [4.78, 5) is 14.0. The summed E-state index contributed by atoms with van der Waals surface area (Å²) < 4.78 is 0. The lowest BCUT2D eigenvalue weighted by Crippen LogP contribution is -2.40. The smallest absolute Gasteiger partial charge is 0.132 e. The van der Waals surface area contributed by atoms with Gasteiger partial charge in [0.05, 0.1) is 5.41 Å². The molecule has 2 aromatic rings. The number of carbonyl (C=O) groups is 1. The number of likely N-dealkylation sites (N-methyl/N-ethyl adjacent to an activating group) is 1. The minimum Gasteiger partial charge on any atom is -0.370 e. The fraction of sp³-hybridized carbons (Fsp3) is 0.316. The molecule has 0 N–H and O–H groups in total. The van der Waals surface area contributed by atoms with Crippen LogP contribution in [0.5, 0.6) is 0 Å². The van der Waals surface area contributed by atoms with Crippen molar-refractivity contribution in [3.63, 3.8) is 0 Å². The lowest BCUT2D eigenvalue weighted by molar-refractivity contribution is -0.111. The Morgan fingerprint density at radius 3 is 2.19 bits per heavy atom. The Bertz CT molecular complexity index is 576. The molecule has 0 saturated carbocycles. The Labute approximate surface area is 127 Å². The van der Waals surface area contributed by atoms with Gasteiger partial charge in [0.1, 0.15) is 6.29 Å². The summed E-state index contributed by atoms with van der Waals surface area (Å²) in [5.74, 6) is 0. The molecule has 0 heterocycles. The van der Waals surface area contributed by atoms with Crippen molar-refractivity contribution >= 4 is 12.0 Å². The first-order chi connectivity index (χ1) is 10.1. The average molecular weight is 281 g/mol. The molecule has 2 aromatic carbocycles. The summed E-state index contributed by atoms with van der Waals surface area (Å²) >= 11 is 0.